The van der Waals surface area contributed by atoms with E-state index in [-0.39, 0.29) is 11.1 Å². The van der Waals surface area contributed by atoms with E-state index in [4.69, 9.17) is 9.47 Å². The van der Waals surface area contributed by atoms with Crippen molar-refractivity contribution in [1.29, 1.82) is 0 Å². The quantitative estimate of drug-likeness (QED) is 0.591. The van der Waals surface area contributed by atoms with Gasteiger partial charge in [0.05, 0.1) is 20.8 Å². The molecule has 1 N–H and O–H groups in total. The van der Waals surface area contributed by atoms with Crippen LogP contribution in [0, 0.1) is 11.6 Å². The van der Waals surface area contributed by atoms with Crippen LogP contribution in [0.3, 0.4) is 0 Å². The van der Waals surface area contributed by atoms with E-state index >= 15 is 0 Å². The van der Waals surface area contributed by atoms with Gasteiger partial charge in [-0.15, -0.1) is 0 Å². The lowest BCUT2D eigenvalue weighted by Gasteiger charge is -2.22. The molecule has 1 heterocycles. The van der Waals surface area contributed by atoms with Crippen molar-refractivity contribution in [2.24, 2.45) is 0 Å². The third-order valence-corrected chi connectivity index (χ3v) is 4.75. The van der Waals surface area contributed by atoms with Gasteiger partial charge in [-0.1, -0.05) is 0 Å². The van der Waals surface area contributed by atoms with Gasteiger partial charge in [0.15, 0.2) is 17.3 Å². The van der Waals surface area contributed by atoms with Gasteiger partial charge in [-0.05, 0) is 43.3 Å². The van der Waals surface area contributed by atoms with Crippen LogP contribution in [0.1, 0.15) is 22.8 Å². The maximum atomic E-state index is 14.2. The molecule has 0 unspecified atom stereocenters. The fourth-order valence-corrected chi connectivity index (χ4v) is 3.15. The molecule has 3 amide bonds. The van der Waals surface area contributed by atoms with Crippen LogP contribution in [0.4, 0.5) is 13.6 Å². The topological polar surface area (TPSA) is 84.9 Å². The summed E-state index contributed by atoms with van der Waals surface area (Å²) < 4.78 is 38.0. The van der Waals surface area contributed by atoms with Crippen molar-refractivity contribution in [1.82, 2.24) is 10.2 Å². The second-order valence-corrected chi connectivity index (χ2v) is 6.56. The van der Waals surface area contributed by atoms with Crippen LogP contribution in [-0.4, -0.2) is 43.4 Å². The SMILES string of the molecule is COc1ccc(C(=O)CN2C(=O)N[C@](C)(c3cc(F)ccc3F)C2=O)cc1OC. The Balaban J connectivity index is 1.87. The molecule has 9 heteroatoms. The first-order valence-corrected chi connectivity index (χ1v) is 8.56. The van der Waals surface area contributed by atoms with Gasteiger partial charge in [-0.25, -0.2) is 13.6 Å². The Hall–Kier alpha value is -3.49. The number of hydrogen-bond donors (Lipinski definition) is 1. The largest absolute Gasteiger partial charge is 0.493 e. The molecule has 1 fully saturated rings. The van der Waals surface area contributed by atoms with Crippen molar-refractivity contribution in [2.45, 2.75) is 12.5 Å². The molecule has 1 atom stereocenters. The number of carbonyl (C=O) groups excluding carboxylic acids is 3. The summed E-state index contributed by atoms with van der Waals surface area (Å²) in [4.78, 5) is 38.5. The van der Waals surface area contributed by atoms with Crippen LogP contribution >= 0.6 is 0 Å². The van der Waals surface area contributed by atoms with Gasteiger partial charge in [-0.2, -0.15) is 0 Å². The van der Waals surface area contributed by atoms with E-state index in [1.54, 1.807) is 0 Å². The molecule has 1 saturated heterocycles. The summed E-state index contributed by atoms with van der Waals surface area (Å²) in [6.07, 6.45) is 0. The van der Waals surface area contributed by atoms with E-state index in [0.29, 0.717) is 16.4 Å². The normalized spacial score (nSPS) is 18.6. The minimum atomic E-state index is -1.83. The number of ketones is 1. The molecule has 0 radical (unpaired) electrons. The molecular formula is C20H18F2N2O5. The first kappa shape index (κ1) is 20.2. The number of ether oxygens (including phenoxy) is 2. The number of benzene rings is 2. The molecule has 152 valence electrons. The average molecular weight is 404 g/mol. The number of halogens is 2. The summed E-state index contributed by atoms with van der Waals surface area (Å²) in [5, 5.41) is 2.35. The summed E-state index contributed by atoms with van der Waals surface area (Å²) in [5.74, 6) is -2.30. The van der Waals surface area contributed by atoms with Gasteiger partial charge >= 0.3 is 6.03 Å². The Labute approximate surface area is 165 Å². The van der Waals surface area contributed by atoms with Crippen molar-refractivity contribution >= 4 is 17.7 Å². The van der Waals surface area contributed by atoms with Crippen molar-refractivity contribution in [3.63, 3.8) is 0 Å². The van der Waals surface area contributed by atoms with Gasteiger partial charge in [0, 0.05) is 11.1 Å². The lowest BCUT2D eigenvalue weighted by atomic mass is 9.91. The zero-order valence-electron chi connectivity index (χ0n) is 15.9. The maximum absolute atomic E-state index is 14.2. The van der Waals surface area contributed by atoms with Crippen LogP contribution in [-0.2, 0) is 10.3 Å². The second-order valence-electron chi connectivity index (χ2n) is 6.56. The molecule has 2 aromatic rings. The Morgan fingerprint density at radius 3 is 2.41 bits per heavy atom. The first-order valence-electron chi connectivity index (χ1n) is 8.56. The Morgan fingerprint density at radius 2 is 1.76 bits per heavy atom. The molecule has 7 nitrogen and oxygen atoms in total. The number of amides is 3. The number of methoxy groups -OCH3 is 2. The number of hydrogen-bond acceptors (Lipinski definition) is 5. The molecule has 0 saturated carbocycles. The molecule has 0 aliphatic carbocycles. The minimum Gasteiger partial charge on any atom is -0.493 e. The molecule has 0 bridgehead atoms. The maximum Gasteiger partial charge on any atom is 0.325 e. The van der Waals surface area contributed by atoms with Gasteiger partial charge in [0.25, 0.3) is 5.91 Å². The van der Waals surface area contributed by atoms with Crippen molar-refractivity contribution in [3.8, 4) is 11.5 Å². The number of Topliss-reactive ketones (excluding diaryl/α,β-unsaturated/α-hetero) is 1. The minimum absolute atomic E-state index is 0.189. The third kappa shape index (κ3) is 3.51. The standard InChI is InChI=1S/C20H18F2N2O5/c1-20(13-9-12(21)5-6-14(13)22)18(26)24(19(27)23-20)10-15(25)11-4-7-16(28-2)17(8-11)29-3/h4-9H,10H2,1-3H3,(H,23,27)/t20-/m1/s1. The zero-order valence-corrected chi connectivity index (χ0v) is 15.9. The van der Waals surface area contributed by atoms with Gasteiger partial charge in [0.1, 0.15) is 17.2 Å². The second kappa shape index (κ2) is 7.50. The summed E-state index contributed by atoms with van der Waals surface area (Å²) in [6, 6.07) is 6.14. The van der Waals surface area contributed by atoms with E-state index in [0.717, 1.165) is 18.2 Å². The van der Waals surface area contributed by atoms with Crippen LogP contribution in [0.15, 0.2) is 36.4 Å². The molecule has 1 aliphatic rings. The van der Waals surface area contributed by atoms with E-state index < -0.39 is 41.4 Å². The highest BCUT2D eigenvalue weighted by molar-refractivity contribution is 6.11. The van der Waals surface area contributed by atoms with Crippen LogP contribution in [0.2, 0.25) is 0 Å². The van der Waals surface area contributed by atoms with E-state index in [1.165, 1.54) is 39.3 Å². The lowest BCUT2D eigenvalue weighted by molar-refractivity contribution is -0.130. The fourth-order valence-electron chi connectivity index (χ4n) is 3.15. The predicted molar refractivity (Wildman–Crippen MR) is 97.8 cm³/mol. The first-order chi connectivity index (χ1) is 13.7. The van der Waals surface area contributed by atoms with Crippen LogP contribution < -0.4 is 14.8 Å². The summed E-state index contributed by atoms with van der Waals surface area (Å²) in [7, 11) is 2.85. The molecule has 3 rings (SSSR count). The van der Waals surface area contributed by atoms with Crippen molar-refractivity contribution in [3.05, 3.63) is 59.2 Å². The number of nitrogens with one attached hydrogen (secondary N) is 1. The molecule has 0 aromatic heterocycles. The Bertz CT molecular complexity index is 1010. The van der Waals surface area contributed by atoms with Crippen molar-refractivity contribution in [2.75, 3.05) is 20.8 Å². The van der Waals surface area contributed by atoms with Crippen LogP contribution in [0.25, 0.3) is 0 Å². The average Bonchev–Trinajstić information content (AvgIpc) is 2.92. The highest BCUT2D eigenvalue weighted by Gasteiger charge is 2.50. The summed E-state index contributed by atoms with van der Waals surface area (Å²) in [6.45, 7) is 0.679. The number of urea groups is 1. The van der Waals surface area contributed by atoms with Gasteiger partial charge in [-0.3, -0.25) is 14.5 Å². The predicted octanol–water partition coefficient (Wildman–Crippen LogP) is 2.63. The number of rotatable bonds is 6. The highest BCUT2D eigenvalue weighted by Crippen LogP contribution is 2.32. The molecule has 2 aromatic carbocycles. The lowest BCUT2D eigenvalue weighted by Crippen LogP contribution is -2.42. The zero-order chi connectivity index (χ0) is 21.3. The van der Waals surface area contributed by atoms with Gasteiger partial charge in [0.2, 0.25) is 0 Å². The summed E-state index contributed by atoms with van der Waals surface area (Å²) >= 11 is 0. The fraction of sp³-hybridized carbons (Fsp3) is 0.250. The number of nitrogens with zero attached hydrogens (tertiary/aromatic N) is 1. The Morgan fingerprint density at radius 1 is 1.07 bits per heavy atom. The van der Waals surface area contributed by atoms with Gasteiger partial charge < -0.3 is 14.8 Å². The van der Waals surface area contributed by atoms with Crippen molar-refractivity contribution < 1.29 is 32.6 Å². The third-order valence-electron chi connectivity index (χ3n) is 4.75. The molecule has 0 spiro atoms. The molecule has 29 heavy (non-hydrogen) atoms. The van der Waals surface area contributed by atoms with Crippen LogP contribution in [0.5, 0.6) is 11.5 Å². The monoisotopic (exact) mass is 404 g/mol. The molecular weight excluding hydrogens is 386 g/mol. The van der Waals surface area contributed by atoms with E-state index in [9.17, 15) is 23.2 Å². The molecule has 1 aliphatic heterocycles. The summed E-state index contributed by atoms with van der Waals surface area (Å²) in [5.41, 5.74) is -1.97. The van der Waals surface area contributed by atoms with E-state index in [2.05, 4.69) is 5.32 Å². The Kier molecular flexibility index (Phi) is 5.23. The number of carbonyl (C=O) groups is 3. The number of imide groups is 1. The van der Waals surface area contributed by atoms with E-state index in [1.807, 2.05) is 0 Å². The highest BCUT2D eigenvalue weighted by atomic mass is 19.1. The smallest absolute Gasteiger partial charge is 0.325 e.